The van der Waals surface area contributed by atoms with Gasteiger partial charge in [-0.05, 0) is 50.2 Å². The van der Waals surface area contributed by atoms with Crippen molar-refractivity contribution in [3.8, 4) is 0 Å². The van der Waals surface area contributed by atoms with Gasteiger partial charge in [0.2, 0.25) is 0 Å². The van der Waals surface area contributed by atoms with Gasteiger partial charge < -0.3 is 14.5 Å². The van der Waals surface area contributed by atoms with E-state index in [0.717, 1.165) is 82.3 Å². The summed E-state index contributed by atoms with van der Waals surface area (Å²) in [5.41, 5.74) is 1.20. The van der Waals surface area contributed by atoms with Gasteiger partial charge >= 0.3 is 6.09 Å². The predicted molar refractivity (Wildman–Crippen MR) is 162 cm³/mol. The third-order valence-electron chi connectivity index (χ3n) is 10.6. The van der Waals surface area contributed by atoms with Crippen LogP contribution in [0.25, 0.3) is 10.9 Å². The fourth-order valence-electron chi connectivity index (χ4n) is 8.12. The average Bonchev–Trinajstić information content (AvgIpc) is 3.02. The molecule has 3 aliphatic heterocycles. The topological polar surface area (TPSA) is 66.0 Å². The summed E-state index contributed by atoms with van der Waals surface area (Å²) < 4.78 is 6.45. The minimum absolute atomic E-state index is 0.0634. The summed E-state index contributed by atoms with van der Waals surface area (Å²) in [6.07, 6.45) is 15.5. The number of nitrogens with zero attached hydrogens (tertiary/aromatic N) is 4. The molecule has 6 rings (SSSR count). The second-order valence-corrected chi connectivity index (χ2v) is 13.1. The van der Waals surface area contributed by atoms with Crippen LogP contribution in [-0.2, 0) is 4.74 Å². The zero-order valence-electron chi connectivity index (χ0n) is 24.9. The lowest BCUT2D eigenvalue weighted by Crippen LogP contribution is -2.61. The molecule has 0 bridgehead atoms. The first-order valence-electron chi connectivity index (χ1n) is 16.4. The number of carbonyl (C=O) groups excluding carboxylic acids is 2. The molecule has 0 radical (unpaired) electrons. The van der Waals surface area contributed by atoms with E-state index in [4.69, 9.17) is 4.74 Å². The van der Waals surface area contributed by atoms with E-state index in [1.807, 2.05) is 35.2 Å². The Balaban J connectivity index is 1.04. The van der Waals surface area contributed by atoms with Crippen LogP contribution in [-0.4, -0.2) is 82.6 Å². The van der Waals surface area contributed by atoms with Crippen LogP contribution in [0.5, 0.6) is 0 Å². The molecule has 1 aromatic carbocycles. The Kier molecular flexibility index (Phi) is 8.80. The van der Waals surface area contributed by atoms with E-state index in [1.54, 1.807) is 6.20 Å². The van der Waals surface area contributed by atoms with Crippen LogP contribution in [0.4, 0.5) is 4.79 Å². The fourth-order valence-corrected chi connectivity index (χ4v) is 8.12. The van der Waals surface area contributed by atoms with Crippen LogP contribution < -0.4 is 0 Å². The third-order valence-corrected chi connectivity index (χ3v) is 10.6. The highest BCUT2D eigenvalue weighted by Gasteiger charge is 2.50. The number of para-hydroxylation sites is 1. The number of rotatable bonds is 7. The Morgan fingerprint density at radius 3 is 2.51 bits per heavy atom. The molecule has 1 saturated carbocycles. The Morgan fingerprint density at radius 1 is 1.00 bits per heavy atom. The van der Waals surface area contributed by atoms with Gasteiger partial charge in [0.25, 0.3) is 5.91 Å². The molecular formula is C34H48N4O3. The third kappa shape index (κ3) is 6.11. The zero-order chi connectivity index (χ0) is 28.2. The summed E-state index contributed by atoms with van der Waals surface area (Å²) in [4.78, 5) is 37.9. The number of carbonyl (C=O) groups is 2. The maximum atomic E-state index is 13.4. The van der Waals surface area contributed by atoms with Gasteiger partial charge in [0.05, 0.1) is 11.1 Å². The minimum Gasteiger partial charge on any atom is -0.442 e. The van der Waals surface area contributed by atoms with E-state index >= 15 is 0 Å². The van der Waals surface area contributed by atoms with Gasteiger partial charge in [-0.3, -0.25) is 14.7 Å². The largest absolute Gasteiger partial charge is 0.442 e. The molecule has 1 aliphatic carbocycles. The molecule has 4 heterocycles. The standard InChI is InChI=1S/C34H48N4O3/c1-2-3-13-28-25-38(24-26-9-5-4-6-10-26)33(40)41-34(28)17-22-36(23-18-34)29-15-20-37(21-16-29)32(39)30-14-7-11-27-12-8-19-35-31(27)30/h7-8,11-12,14,19,26,28-29H,2-6,9-10,13,15-18,20-25H2,1H3. The first-order valence-corrected chi connectivity index (χ1v) is 16.4. The Bertz CT molecular complexity index is 1190. The normalized spacial score (nSPS) is 24.6. The van der Waals surface area contributed by atoms with Crippen LogP contribution in [0.3, 0.4) is 0 Å². The number of hydrogen-bond acceptors (Lipinski definition) is 5. The van der Waals surface area contributed by atoms with Crippen molar-refractivity contribution in [3.63, 3.8) is 0 Å². The molecule has 7 nitrogen and oxygen atoms in total. The maximum Gasteiger partial charge on any atom is 0.410 e. The lowest BCUT2D eigenvalue weighted by Gasteiger charge is -2.52. The average molecular weight is 561 g/mol. The van der Waals surface area contributed by atoms with Crippen molar-refractivity contribution in [3.05, 3.63) is 42.1 Å². The first-order chi connectivity index (χ1) is 20.1. The predicted octanol–water partition coefficient (Wildman–Crippen LogP) is 6.51. The smallest absolute Gasteiger partial charge is 0.410 e. The highest BCUT2D eigenvalue weighted by atomic mass is 16.6. The number of fused-ring (bicyclic) bond motifs is 1. The minimum atomic E-state index is -0.302. The van der Waals surface area contributed by atoms with Crippen molar-refractivity contribution in [2.24, 2.45) is 11.8 Å². The van der Waals surface area contributed by atoms with Gasteiger partial charge in [0, 0.05) is 75.7 Å². The molecular weight excluding hydrogens is 512 g/mol. The second kappa shape index (κ2) is 12.7. The summed E-state index contributed by atoms with van der Waals surface area (Å²) >= 11 is 0. The molecule has 1 spiro atoms. The van der Waals surface area contributed by atoms with Crippen LogP contribution >= 0.6 is 0 Å². The molecule has 1 atom stereocenters. The van der Waals surface area contributed by atoms with Gasteiger partial charge in [-0.25, -0.2) is 4.79 Å². The van der Waals surface area contributed by atoms with Crippen LogP contribution in [0, 0.1) is 11.8 Å². The van der Waals surface area contributed by atoms with E-state index in [0.29, 0.717) is 23.4 Å². The van der Waals surface area contributed by atoms with Gasteiger partial charge in [-0.2, -0.15) is 0 Å². The van der Waals surface area contributed by atoms with Crippen molar-refractivity contribution in [2.75, 3.05) is 39.3 Å². The highest BCUT2D eigenvalue weighted by molar-refractivity contribution is 6.05. The van der Waals surface area contributed by atoms with Crippen molar-refractivity contribution in [1.29, 1.82) is 0 Å². The second-order valence-electron chi connectivity index (χ2n) is 13.1. The molecule has 3 saturated heterocycles. The van der Waals surface area contributed by atoms with Crippen molar-refractivity contribution in [2.45, 2.75) is 95.6 Å². The number of piperidine rings is 2. The molecule has 2 aromatic rings. The molecule has 2 amide bonds. The fraction of sp³-hybridized carbons (Fsp3) is 0.676. The van der Waals surface area contributed by atoms with E-state index in [9.17, 15) is 9.59 Å². The summed E-state index contributed by atoms with van der Waals surface area (Å²) in [5.74, 6) is 1.17. The van der Waals surface area contributed by atoms with Gasteiger partial charge in [0.15, 0.2) is 0 Å². The molecule has 4 fully saturated rings. The number of pyridine rings is 1. The first kappa shape index (κ1) is 28.4. The number of unbranched alkanes of at least 4 members (excludes halogenated alkanes) is 1. The Labute approximate surface area is 245 Å². The van der Waals surface area contributed by atoms with Gasteiger partial charge in [-0.15, -0.1) is 0 Å². The zero-order valence-corrected chi connectivity index (χ0v) is 24.9. The SMILES string of the molecule is CCCCC1CN(CC2CCCCC2)C(=O)OC12CCN(C1CCN(C(=O)c3cccc4cccnc34)CC1)CC2. The maximum absolute atomic E-state index is 13.4. The highest BCUT2D eigenvalue weighted by Crippen LogP contribution is 2.42. The lowest BCUT2D eigenvalue weighted by molar-refractivity contribution is -0.127. The number of aromatic nitrogens is 1. The van der Waals surface area contributed by atoms with Crippen LogP contribution in [0.15, 0.2) is 36.5 Å². The monoisotopic (exact) mass is 560 g/mol. The number of ether oxygens (including phenoxy) is 1. The van der Waals surface area contributed by atoms with Crippen molar-refractivity contribution < 1.29 is 14.3 Å². The van der Waals surface area contributed by atoms with E-state index < -0.39 is 0 Å². The Morgan fingerprint density at radius 2 is 1.76 bits per heavy atom. The molecule has 222 valence electrons. The summed E-state index contributed by atoms with van der Waals surface area (Å²) in [6, 6.07) is 10.3. The molecule has 4 aliphatic rings. The van der Waals surface area contributed by atoms with Crippen LogP contribution in [0.1, 0.15) is 94.3 Å². The lowest BCUT2D eigenvalue weighted by atomic mass is 9.75. The van der Waals surface area contributed by atoms with E-state index in [-0.39, 0.29) is 17.6 Å². The molecule has 41 heavy (non-hydrogen) atoms. The molecule has 1 unspecified atom stereocenters. The van der Waals surface area contributed by atoms with E-state index in [2.05, 4.69) is 21.7 Å². The van der Waals surface area contributed by atoms with Gasteiger partial charge in [0.1, 0.15) is 5.60 Å². The van der Waals surface area contributed by atoms with E-state index in [1.165, 1.54) is 44.9 Å². The summed E-state index contributed by atoms with van der Waals surface area (Å²) in [6.45, 7) is 7.53. The summed E-state index contributed by atoms with van der Waals surface area (Å²) in [7, 11) is 0. The molecule has 0 N–H and O–H groups in total. The molecule has 1 aromatic heterocycles. The number of hydrogen-bond donors (Lipinski definition) is 0. The number of amides is 2. The van der Waals surface area contributed by atoms with Crippen molar-refractivity contribution in [1.82, 2.24) is 19.7 Å². The van der Waals surface area contributed by atoms with Crippen LogP contribution in [0.2, 0.25) is 0 Å². The van der Waals surface area contributed by atoms with Crippen molar-refractivity contribution >= 4 is 22.9 Å². The number of benzene rings is 1. The molecule has 7 heteroatoms. The van der Waals surface area contributed by atoms with Gasteiger partial charge in [-0.1, -0.05) is 57.2 Å². The Hall–Kier alpha value is -2.67. The number of likely N-dealkylation sites (tertiary alicyclic amines) is 2. The quantitative estimate of drug-likeness (QED) is 0.386. The summed E-state index contributed by atoms with van der Waals surface area (Å²) in [5, 5.41) is 1.01.